The third-order valence-electron chi connectivity index (χ3n) is 4.26. The summed E-state index contributed by atoms with van der Waals surface area (Å²) in [5, 5.41) is 0. The van der Waals surface area contributed by atoms with E-state index in [-0.39, 0.29) is 6.10 Å². The van der Waals surface area contributed by atoms with Crippen LogP contribution in [0.3, 0.4) is 0 Å². The van der Waals surface area contributed by atoms with Crippen LogP contribution in [0, 0.1) is 0 Å². The molecule has 0 aliphatic heterocycles. The van der Waals surface area contributed by atoms with Crippen LogP contribution in [0.4, 0.5) is 0 Å². The zero-order chi connectivity index (χ0) is 18.8. The summed E-state index contributed by atoms with van der Waals surface area (Å²) in [6.07, 6.45) is 11.9. The molecule has 1 atom stereocenters. The van der Waals surface area contributed by atoms with Gasteiger partial charge in [0.15, 0.2) is 0 Å². The molecule has 0 radical (unpaired) electrons. The molecule has 0 aliphatic carbocycles. The molecule has 0 rings (SSSR count). The molecule has 25 heavy (non-hydrogen) atoms. The van der Waals surface area contributed by atoms with Crippen molar-refractivity contribution in [1.29, 1.82) is 0 Å². The molecule has 5 heteroatoms. The molecule has 149 valence electrons. The number of ether oxygens (including phenoxy) is 3. The molecule has 0 aromatic heterocycles. The van der Waals surface area contributed by atoms with Crippen LogP contribution < -0.4 is 0 Å². The first-order chi connectivity index (χ1) is 12.2. The van der Waals surface area contributed by atoms with Gasteiger partial charge in [0.2, 0.25) is 0 Å². The van der Waals surface area contributed by atoms with E-state index in [9.17, 15) is 0 Å². The molecular formula is C20H41O4Ti. The minimum atomic E-state index is -1.07. The van der Waals surface area contributed by atoms with Crippen molar-refractivity contribution >= 4 is 0 Å². The monoisotopic (exact) mass is 393 g/mol. The van der Waals surface area contributed by atoms with Crippen LogP contribution in [-0.4, -0.2) is 31.9 Å². The summed E-state index contributed by atoms with van der Waals surface area (Å²) in [6, 6.07) is 0. The molecular weight excluding hydrogens is 352 g/mol. The molecule has 1 unspecified atom stereocenters. The van der Waals surface area contributed by atoms with E-state index in [4.69, 9.17) is 17.5 Å². The van der Waals surface area contributed by atoms with Crippen molar-refractivity contribution < 1.29 is 38.4 Å². The summed E-state index contributed by atoms with van der Waals surface area (Å²) in [5.41, 5.74) is 0. The van der Waals surface area contributed by atoms with Gasteiger partial charge in [-0.3, -0.25) is 0 Å². The average molecular weight is 393 g/mol. The molecule has 0 aliphatic rings. The summed E-state index contributed by atoms with van der Waals surface area (Å²) in [4.78, 5) is 0. The first-order valence-corrected chi connectivity index (χ1v) is 11.1. The average Bonchev–Trinajstić information content (AvgIpc) is 2.63. The van der Waals surface area contributed by atoms with Crippen molar-refractivity contribution in [3.8, 4) is 0 Å². The Morgan fingerprint density at radius 3 is 1.56 bits per heavy atom. The van der Waals surface area contributed by atoms with E-state index in [0.717, 1.165) is 51.6 Å². The molecule has 0 bridgehead atoms. The Morgan fingerprint density at radius 2 is 1.16 bits per heavy atom. The van der Waals surface area contributed by atoms with Crippen LogP contribution in [-0.2, 0) is 38.4 Å². The SMILES string of the molecule is CCCCCOC(CCC)C([O][Ti])(OCCCCC)OCCCCC. The summed E-state index contributed by atoms with van der Waals surface area (Å²) in [5.74, 6) is -1.07. The molecule has 0 amide bonds. The molecule has 0 saturated heterocycles. The molecule has 0 fully saturated rings. The first-order valence-electron chi connectivity index (χ1n) is 10.4. The van der Waals surface area contributed by atoms with Crippen LogP contribution >= 0.6 is 0 Å². The molecule has 0 N–H and O–H groups in total. The molecule has 0 aromatic carbocycles. The van der Waals surface area contributed by atoms with Crippen molar-refractivity contribution in [2.75, 3.05) is 19.8 Å². The summed E-state index contributed by atoms with van der Waals surface area (Å²) in [7, 11) is 0. The number of hydrogen-bond donors (Lipinski definition) is 0. The third-order valence-corrected chi connectivity index (χ3v) is 4.70. The molecule has 0 saturated carbocycles. The summed E-state index contributed by atoms with van der Waals surface area (Å²) < 4.78 is 24.3. The first kappa shape index (κ1) is 25.6. The standard InChI is InChI=1S/C20H41O4.Ti/c1-5-9-12-16-22-19(15-8-4)20(21,23-17-13-10-6-2)24-18-14-11-7-3;/h19H,5-18H2,1-4H3;/q-1;+1. The van der Waals surface area contributed by atoms with Crippen LogP contribution in [0.5, 0.6) is 0 Å². The Balaban J connectivity index is 4.86. The Labute approximate surface area is 168 Å². The Bertz CT molecular complexity index is 264. The van der Waals surface area contributed by atoms with Gasteiger partial charge in [0.1, 0.15) is 0 Å². The quantitative estimate of drug-likeness (QED) is 0.155. The Morgan fingerprint density at radius 1 is 0.680 bits per heavy atom. The minimum absolute atomic E-state index is 0.178. The molecule has 4 nitrogen and oxygen atoms in total. The van der Waals surface area contributed by atoms with Gasteiger partial charge in [-0.2, -0.15) is 0 Å². The summed E-state index contributed by atoms with van der Waals surface area (Å²) >= 11 is 1.68. The van der Waals surface area contributed by atoms with Gasteiger partial charge >= 0.3 is 169 Å². The van der Waals surface area contributed by atoms with E-state index in [1.54, 1.807) is 20.8 Å². The predicted octanol–water partition coefficient (Wildman–Crippen LogP) is 5.91. The van der Waals surface area contributed by atoms with Crippen molar-refractivity contribution in [3.05, 3.63) is 0 Å². The van der Waals surface area contributed by atoms with Crippen molar-refractivity contribution in [3.63, 3.8) is 0 Å². The van der Waals surface area contributed by atoms with Gasteiger partial charge in [0.25, 0.3) is 0 Å². The van der Waals surface area contributed by atoms with Gasteiger partial charge in [0, 0.05) is 0 Å². The summed E-state index contributed by atoms with van der Waals surface area (Å²) in [6.45, 7) is 10.8. The fourth-order valence-corrected chi connectivity index (χ4v) is 3.08. The molecule has 0 heterocycles. The Hall–Kier alpha value is 0.554. The number of unbranched alkanes of at least 4 members (excludes halogenated alkanes) is 6. The van der Waals surface area contributed by atoms with Crippen LogP contribution in [0.25, 0.3) is 0 Å². The van der Waals surface area contributed by atoms with Gasteiger partial charge < -0.3 is 0 Å². The van der Waals surface area contributed by atoms with E-state index < -0.39 is 5.97 Å². The maximum absolute atomic E-state index is 6.18. The van der Waals surface area contributed by atoms with Gasteiger partial charge in [-0.05, 0) is 0 Å². The normalized spacial score (nSPS) is 13.2. The number of hydrogen-bond acceptors (Lipinski definition) is 4. The second-order valence-electron chi connectivity index (χ2n) is 6.67. The molecule has 0 spiro atoms. The molecule has 0 aromatic rings. The van der Waals surface area contributed by atoms with E-state index in [2.05, 4.69) is 27.7 Å². The van der Waals surface area contributed by atoms with Gasteiger partial charge in [-0.25, -0.2) is 0 Å². The second-order valence-corrected chi connectivity index (χ2v) is 6.99. The van der Waals surface area contributed by atoms with Crippen LogP contribution in [0.15, 0.2) is 0 Å². The fraction of sp³-hybridized carbons (Fsp3) is 1.00. The van der Waals surface area contributed by atoms with Crippen LogP contribution in [0.2, 0.25) is 0 Å². The van der Waals surface area contributed by atoms with E-state index >= 15 is 0 Å². The van der Waals surface area contributed by atoms with E-state index in [1.165, 1.54) is 25.7 Å². The van der Waals surface area contributed by atoms with Gasteiger partial charge in [0.05, 0.1) is 0 Å². The number of rotatable bonds is 19. The van der Waals surface area contributed by atoms with Gasteiger partial charge in [-0.1, -0.05) is 0 Å². The van der Waals surface area contributed by atoms with Crippen LogP contribution in [0.1, 0.15) is 98.3 Å². The van der Waals surface area contributed by atoms with Gasteiger partial charge in [-0.15, -0.1) is 0 Å². The van der Waals surface area contributed by atoms with Crippen molar-refractivity contribution in [1.82, 2.24) is 0 Å². The Kier molecular flexibility index (Phi) is 18.3. The van der Waals surface area contributed by atoms with Crippen molar-refractivity contribution in [2.45, 2.75) is 110 Å². The zero-order valence-corrected chi connectivity index (χ0v) is 18.7. The van der Waals surface area contributed by atoms with E-state index in [0.29, 0.717) is 13.2 Å². The van der Waals surface area contributed by atoms with Crippen molar-refractivity contribution in [2.24, 2.45) is 0 Å². The predicted molar refractivity (Wildman–Crippen MR) is 98.9 cm³/mol. The zero-order valence-electron chi connectivity index (χ0n) is 17.1. The second kappa shape index (κ2) is 17.9. The van der Waals surface area contributed by atoms with E-state index in [1.807, 2.05) is 0 Å². The third kappa shape index (κ3) is 11.8. The maximum atomic E-state index is 6.18. The topological polar surface area (TPSA) is 36.9 Å². The fourth-order valence-electron chi connectivity index (χ4n) is 2.69.